The molecule has 1 aliphatic rings. The van der Waals surface area contributed by atoms with Crippen LogP contribution in [0.15, 0.2) is 61.7 Å². The van der Waals surface area contributed by atoms with Gasteiger partial charge in [-0.2, -0.15) is 0 Å². The van der Waals surface area contributed by atoms with Crippen LogP contribution in [-0.2, 0) is 9.53 Å². The second-order valence-corrected chi connectivity index (χ2v) is 7.78. The molecule has 0 aromatic carbocycles. The Labute approximate surface area is 195 Å². The van der Waals surface area contributed by atoms with Crippen molar-refractivity contribution in [2.75, 3.05) is 25.6 Å². The van der Waals surface area contributed by atoms with E-state index in [1.807, 2.05) is 30.5 Å². The summed E-state index contributed by atoms with van der Waals surface area (Å²) in [5.41, 5.74) is 4.76. The molecule has 172 valence electrons. The Bertz CT molecular complexity index is 1360. The molecule has 1 fully saturated rings. The van der Waals surface area contributed by atoms with Crippen molar-refractivity contribution in [3.63, 3.8) is 0 Å². The average Bonchev–Trinajstić information content (AvgIpc) is 3.54. The second kappa shape index (κ2) is 9.32. The number of methoxy groups -OCH3 is 1. The summed E-state index contributed by atoms with van der Waals surface area (Å²) < 4.78 is 16.6. The molecule has 1 unspecified atom stereocenters. The van der Waals surface area contributed by atoms with E-state index in [2.05, 4.69) is 31.8 Å². The molecule has 2 N–H and O–H groups in total. The maximum absolute atomic E-state index is 12.0. The largest absolute Gasteiger partial charge is 0.481 e. The molecule has 0 bridgehead atoms. The zero-order valence-electron chi connectivity index (χ0n) is 18.6. The number of hydrogen-bond donors (Lipinski definition) is 2. The van der Waals surface area contributed by atoms with E-state index in [9.17, 15) is 4.79 Å². The van der Waals surface area contributed by atoms with Crippen LogP contribution in [0.5, 0.6) is 11.8 Å². The molecule has 1 amide bonds. The lowest BCUT2D eigenvalue weighted by atomic mass is 10.0. The molecule has 0 spiro atoms. The van der Waals surface area contributed by atoms with Crippen molar-refractivity contribution in [3.8, 4) is 34.0 Å². The normalized spacial score (nSPS) is 15.3. The maximum Gasteiger partial charge on any atom is 0.247 e. The first-order valence-electron chi connectivity index (χ1n) is 10.8. The summed E-state index contributed by atoms with van der Waals surface area (Å²) in [7, 11) is 1.59. The Morgan fingerprint density at radius 3 is 2.85 bits per heavy atom. The van der Waals surface area contributed by atoms with Crippen LogP contribution >= 0.6 is 0 Å². The first-order chi connectivity index (χ1) is 16.6. The topological polar surface area (TPSA) is 111 Å². The van der Waals surface area contributed by atoms with E-state index in [1.165, 1.54) is 6.08 Å². The molecule has 0 radical (unpaired) electrons. The molecule has 5 rings (SSSR count). The SMILES string of the molecule is C=CC(=O)Nc1cc(-c2cnc3[nH]cc(-c4ccnc(OC)c4)c3c2)cnc1OC1CCOC1. The van der Waals surface area contributed by atoms with Crippen molar-refractivity contribution in [2.45, 2.75) is 12.5 Å². The lowest BCUT2D eigenvalue weighted by molar-refractivity contribution is -0.111. The van der Waals surface area contributed by atoms with Gasteiger partial charge < -0.3 is 24.5 Å². The first kappa shape index (κ1) is 21.6. The monoisotopic (exact) mass is 457 g/mol. The number of aromatic amines is 1. The standard InChI is InChI=1S/C25H23N5O4/c1-3-22(31)30-21-9-17(12-29-25(21)34-18-5-7-33-14-18)16-8-19-20(13-28-24(19)27-11-16)15-4-6-26-23(10-15)32-2/h3-4,6,8-13,18H,1,5,7,14H2,2H3,(H,27,28)(H,30,31). The van der Waals surface area contributed by atoms with Gasteiger partial charge in [0.15, 0.2) is 0 Å². The third-order valence-electron chi connectivity index (χ3n) is 5.58. The van der Waals surface area contributed by atoms with Crippen LogP contribution in [0, 0.1) is 0 Å². The van der Waals surface area contributed by atoms with Crippen molar-refractivity contribution >= 4 is 22.6 Å². The number of carbonyl (C=O) groups is 1. The number of anilines is 1. The quantitative estimate of drug-likeness (QED) is 0.404. The van der Waals surface area contributed by atoms with Crippen LogP contribution in [0.1, 0.15) is 6.42 Å². The van der Waals surface area contributed by atoms with Crippen molar-refractivity contribution in [1.29, 1.82) is 0 Å². The van der Waals surface area contributed by atoms with E-state index >= 15 is 0 Å². The number of fused-ring (bicyclic) bond motifs is 1. The number of ether oxygens (including phenoxy) is 3. The number of rotatable bonds is 7. The van der Waals surface area contributed by atoms with Crippen LogP contribution in [-0.4, -0.2) is 52.3 Å². The predicted molar refractivity (Wildman–Crippen MR) is 128 cm³/mol. The molecule has 4 aromatic heterocycles. The Morgan fingerprint density at radius 1 is 1.21 bits per heavy atom. The van der Waals surface area contributed by atoms with Crippen molar-refractivity contribution < 1.29 is 19.0 Å². The summed E-state index contributed by atoms with van der Waals surface area (Å²) >= 11 is 0. The number of carbonyl (C=O) groups excluding carboxylic acids is 1. The molecule has 1 saturated heterocycles. The van der Waals surface area contributed by atoms with E-state index in [1.54, 1.807) is 25.7 Å². The van der Waals surface area contributed by atoms with Crippen molar-refractivity contribution in [3.05, 3.63) is 61.7 Å². The third-order valence-corrected chi connectivity index (χ3v) is 5.58. The summed E-state index contributed by atoms with van der Waals surface area (Å²) in [5, 5.41) is 3.73. The van der Waals surface area contributed by atoms with Gasteiger partial charge in [-0.25, -0.2) is 15.0 Å². The van der Waals surface area contributed by atoms with E-state index in [0.29, 0.717) is 30.7 Å². The van der Waals surface area contributed by atoms with Crippen LogP contribution in [0.25, 0.3) is 33.3 Å². The summed E-state index contributed by atoms with van der Waals surface area (Å²) in [4.78, 5) is 28.5. The molecular weight excluding hydrogens is 434 g/mol. The minimum Gasteiger partial charge on any atom is -0.481 e. The number of H-pyrrole nitrogens is 1. The number of amides is 1. The van der Waals surface area contributed by atoms with E-state index in [-0.39, 0.29) is 12.0 Å². The molecule has 34 heavy (non-hydrogen) atoms. The smallest absolute Gasteiger partial charge is 0.247 e. The Kier molecular flexibility index (Phi) is 5.92. The van der Waals surface area contributed by atoms with E-state index in [4.69, 9.17) is 14.2 Å². The van der Waals surface area contributed by atoms with Gasteiger partial charge in [-0.15, -0.1) is 0 Å². The molecule has 9 heteroatoms. The Morgan fingerprint density at radius 2 is 2.06 bits per heavy atom. The second-order valence-electron chi connectivity index (χ2n) is 7.78. The third kappa shape index (κ3) is 4.33. The molecule has 0 aliphatic carbocycles. The number of hydrogen-bond acceptors (Lipinski definition) is 7. The van der Waals surface area contributed by atoms with Gasteiger partial charge in [0.1, 0.15) is 17.4 Å². The van der Waals surface area contributed by atoms with Crippen LogP contribution < -0.4 is 14.8 Å². The first-order valence-corrected chi connectivity index (χ1v) is 10.8. The highest BCUT2D eigenvalue weighted by atomic mass is 16.5. The fraction of sp³-hybridized carbons (Fsp3) is 0.200. The van der Waals surface area contributed by atoms with Gasteiger partial charge in [-0.3, -0.25) is 4.79 Å². The maximum atomic E-state index is 12.0. The van der Waals surface area contributed by atoms with E-state index in [0.717, 1.165) is 39.7 Å². The summed E-state index contributed by atoms with van der Waals surface area (Å²) in [6.07, 6.45) is 8.96. The van der Waals surface area contributed by atoms with Gasteiger partial charge in [-0.1, -0.05) is 6.58 Å². The molecule has 1 aliphatic heterocycles. The fourth-order valence-corrected chi connectivity index (χ4v) is 3.83. The number of nitrogens with zero attached hydrogens (tertiary/aromatic N) is 3. The van der Waals surface area contributed by atoms with Crippen molar-refractivity contribution in [1.82, 2.24) is 19.9 Å². The summed E-state index contributed by atoms with van der Waals surface area (Å²) in [6.45, 7) is 4.67. The zero-order chi connectivity index (χ0) is 23.5. The fourth-order valence-electron chi connectivity index (χ4n) is 3.83. The highest BCUT2D eigenvalue weighted by molar-refractivity contribution is 6.00. The summed E-state index contributed by atoms with van der Waals surface area (Å²) in [5.74, 6) is 0.528. The molecule has 1 atom stereocenters. The van der Waals surface area contributed by atoms with Crippen molar-refractivity contribution in [2.24, 2.45) is 0 Å². The van der Waals surface area contributed by atoms with Crippen LogP contribution in [0.3, 0.4) is 0 Å². The lowest BCUT2D eigenvalue weighted by Crippen LogP contribution is -2.18. The van der Waals surface area contributed by atoms with Gasteiger partial charge in [-0.05, 0) is 29.8 Å². The summed E-state index contributed by atoms with van der Waals surface area (Å²) in [6, 6.07) is 7.65. The average molecular weight is 457 g/mol. The number of pyridine rings is 3. The number of nitrogens with one attached hydrogen (secondary N) is 2. The highest BCUT2D eigenvalue weighted by Crippen LogP contribution is 2.34. The predicted octanol–water partition coefficient (Wildman–Crippen LogP) is 3.99. The lowest BCUT2D eigenvalue weighted by Gasteiger charge is -2.15. The Hall–Kier alpha value is -4.24. The number of aromatic nitrogens is 4. The molecule has 9 nitrogen and oxygen atoms in total. The zero-order valence-corrected chi connectivity index (χ0v) is 18.6. The molecule has 0 saturated carbocycles. The van der Waals surface area contributed by atoms with Gasteiger partial charge in [0.05, 0.1) is 20.3 Å². The van der Waals surface area contributed by atoms with Gasteiger partial charge in [0.25, 0.3) is 0 Å². The molecule has 5 heterocycles. The molecule has 4 aromatic rings. The van der Waals surface area contributed by atoms with Gasteiger partial charge in [0.2, 0.25) is 17.7 Å². The minimum absolute atomic E-state index is 0.101. The van der Waals surface area contributed by atoms with E-state index < -0.39 is 0 Å². The minimum atomic E-state index is -0.348. The van der Waals surface area contributed by atoms with Crippen LogP contribution in [0.2, 0.25) is 0 Å². The van der Waals surface area contributed by atoms with Gasteiger partial charge in [0, 0.05) is 59.4 Å². The molecular formula is C25H23N5O4. The Balaban J connectivity index is 1.53. The van der Waals surface area contributed by atoms with Gasteiger partial charge >= 0.3 is 0 Å². The highest BCUT2D eigenvalue weighted by Gasteiger charge is 2.21. The van der Waals surface area contributed by atoms with Crippen LogP contribution in [0.4, 0.5) is 5.69 Å².